The Hall–Kier alpha value is -3.56. The maximum Gasteiger partial charge on any atom is 0.333 e. The molecular weight excluding hydrogens is 364 g/mol. The minimum absolute atomic E-state index is 0.167. The number of carbonyl (C=O) groups excluding carboxylic acids is 2. The molecule has 0 bridgehead atoms. The first-order valence-electron chi connectivity index (χ1n) is 8.16. The number of fused-ring (bicyclic) bond motifs is 1. The van der Waals surface area contributed by atoms with Crippen molar-refractivity contribution in [2.24, 2.45) is 0 Å². The summed E-state index contributed by atoms with van der Waals surface area (Å²) in [6, 6.07) is 15.7. The summed E-state index contributed by atoms with van der Waals surface area (Å²) in [5.74, 6) is -0.459. The van der Waals surface area contributed by atoms with Gasteiger partial charge in [0.15, 0.2) is 0 Å². The van der Waals surface area contributed by atoms with Gasteiger partial charge in [-0.05, 0) is 30.3 Å². The summed E-state index contributed by atoms with van der Waals surface area (Å²) < 4.78 is 1.80. The molecule has 1 aromatic heterocycles. The SMILES string of the molecule is N#CCn1cc(/C=C2/NC(=O)N(c3cccc(Cl)c3)C2=O)c2ccccc21. The van der Waals surface area contributed by atoms with Crippen molar-refractivity contribution in [1.29, 1.82) is 5.26 Å². The van der Waals surface area contributed by atoms with E-state index >= 15 is 0 Å². The van der Waals surface area contributed by atoms with Crippen LogP contribution in [0.2, 0.25) is 5.02 Å². The lowest BCUT2D eigenvalue weighted by Gasteiger charge is -2.11. The van der Waals surface area contributed by atoms with E-state index in [1.165, 1.54) is 0 Å². The maximum absolute atomic E-state index is 12.8. The molecule has 1 aliphatic heterocycles. The Morgan fingerprint density at radius 1 is 1.15 bits per heavy atom. The third kappa shape index (κ3) is 2.94. The highest BCUT2D eigenvalue weighted by Crippen LogP contribution is 2.27. The van der Waals surface area contributed by atoms with Crippen molar-refractivity contribution >= 4 is 46.2 Å². The molecule has 0 atom stereocenters. The van der Waals surface area contributed by atoms with Crippen LogP contribution in [0.4, 0.5) is 10.5 Å². The number of carbonyl (C=O) groups is 2. The van der Waals surface area contributed by atoms with Gasteiger partial charge in [0.05, 0.1) is 11.8 Å². The molecule has 0 spiro atoms. The number of hydrogen-bond acceptors (Lipinski definition) is 3. The second-order valence-corrected chi connectivity index (χ2v) is 6.43. The summed E-state index contributed by atoms with van der Waals surface area (Å²) >= 11 is 5.97. The van der Waals surface area contributed by atoms with E-state index in [0.29, 0.717) is 10.7 Å². The van der Waals surface area contributed by atoms with E-state index in [-0.39, 0.29) is 12.2 Å². The highest BCUT2D eigenvalue weighted by atomic mass is 35.5. The quantitative estimate of drug-likeness (QED) is 0.556. The summed E-state index contributed by atoms with van der Waals surface area (Å²) in [4.78, 5) is 26.2. The van der Waals surface area contributed by atoms with Gasteiger partial charge in [-0.25, -0.2) is 9.69 Å². The minimum atomic E-state index is -0.533. The second kappa shape index (κ2) is 6.63. The minimum Gasteiger partial charge on any atom is -0.333 e. The molecule has 1 fully saturated rings. The first kappa shape index (κ1) is 16.9. The van der Waals surface area contributed by atoms with E-state index in [4.69, 9.17) is 16.9 Å². The largest absolute Gasteiger partial charge is 0.333 e. The summed E-state index contributed by atoms with van der Waals surface area (Å²) in [6.45, 7) is 0.193. The number of nitriles is 1. The van der Waals surface area contributed by atoms with Crippen molar-refractivity contribution in [3.63, 3.8) is 0 Å². The summed E-state index contributed by atoms with van der Waals surface area (Å²) in [5, 5.41) is 13.0. The van der Waals surface area contributed by atoms with Crippen molar-refractivity contribution in [3.8, 4) is 6.07 Å². The van der Waals surface area contributed by atoms with Crippen LogP contribution >= 0.6 is 11.6 Å². The highest BCUT2D eigenvalue weighted by molar-refractivity contribution is 6.32. The van der Waals surface area contributed by atoms with Crippen molar-refractivity contribution in [3.05, 3.63) is 71.0 Å². The predicted octanol–water partition coefficient (Wildman–Crippen LogP) is 3.92. The average molecular weight is 377 g/mol. The van der Waals surface area contributed by atoms with Gasteiger partial charge < -0.3 is 9.88 Å². The van der Waals surface area contributed by atoms with Gasteiger partial charge in [0, 0.05) is 27.7 Å². The Balaban J connectivity index is 1.76. The van der Waals surface area contributed by atoms with Crippen LogP contribution in [0.15, 0.2) is 60.4 Å². The van der Waals surface area contributed by atoms with Crippen molar-refractivity contribution < 1.29 is 9.59 Å². The second-order valence-electron chi connectivity index (χ2n) is 6.00. The molecule has 0 aliphatic carbocycles. The molecule has 27 heavy (non-hydrogen) atoms. The number of benzene rings is 2. The van der Waals surface area contributed by atoms with Gasteiger partial charge in [0.2, 0.25) is 0 Å². The summed E-state index contributed by atoms with van der Waals surface area (Å²) in [7, 11) is 0. The van der Waals surface area contributed by atoms with Gasteiger partial charge in [-0.1, -0.05) is 35.9 Å². The number of anilines is 1. The summed E-state index contributed by atoms with van der Waals surface area (Å²) in [5.41, 5.74) is 2.20. The topological polar surface area (TPSA) is 78.1 Å². The average Bonchev–Trinajstić information content (AvgIpc) is 3.13. The number of hydrogen-bond donors (Lipinski definition) is 1. The van der Waals surface area contributed by atoms with E-state index in [1.807, 2.05) is 24.3 Å². The molecule has 2 heterocycles. The molecule has 1 saturated heterocycles. The van der Waals surface area contributed by atoms with Crippen LogP contribution in [0.1, 0.15) is 5.56 Å². The smallest absolute Gasteiger partial charge is 0.333 e. The van der Waals surface area contributed by atoms with Crippen LogP contribution < -0.4 is 10.2 Å². The van der Waals surface area contributed by atoms with Crippen molar-refractivity contribution in [2.75, 3.05) is 4.90 Å². The van der Waals surface area contributed by atoms with E-state index < -0.39 is 11.9 Å². The zero-order chi connectivity index (χ0) is 19.0. The number of nitrogens with one attached hydrogen (secondary N) is 1. The number of rotatable bonds is 3. The molecule has 3 amide bonds. The van der Waals surface area contributed by atoms with Crippen molar-refractivity contribution in [2.45, 2.75) is 6.54 Å². The monoisotopic (exact) mass is 376 g/mol. The molecule has 0 saturated carbocycles. The molecule has 1 aliphatic rings. The Morgan fingerprint density at radius 3 is 2.74 bits per heavy atom. The molecule has 3 aromatic rings. The normalized spacial score (nSPS) is 15.4. The first-order valence-corrected chi connectivity index (χ1v) is 8.54. The fourth-order valence-electron chi connectivity index (χ4n) is 3.14. The molecular formula is C20H13ClN4O2. The van der Waals surface area contributed by atoms with Gasteiger partial charge in [-0.15, -0.1) is 0 Å². The fraction of sp³-hybridized carbons (Fsp3) is 0.0500. The van der Waals surface area contributed by atoms with Gasteiger partial charge in [-0.2, -0.15) is 5.26 Å². The lowest BCUT2D eigenvalue weighted by molar-refractivity contribution is -0.113. The third-order valence-corrected chi connectivity index (χ3v) is 4.54. The number of imide groups is 1. The Labute approximate surface area is 159 Å². The number of urea groups is 1. The molecule has 6 nitrogen and oxygen atoms in total. The fourth-order valence-corrected chi connectivity index (χ4v) is 3.32. The zero-order valence-electron chi connectivity index (χ0n) is 14.0. The molecule has 132 valence electrons. The highest BCUT2D eigenvalue weighted by Gasteiger charge is 2.35. The molecule has 1 N–H and O–H groups in total. The molecule has 4 rings (SSSR count). The van der Waals surface area contributed by atoms with Gasteiger partial charge >= 0.3 is 6.03 Å². The van der Waals surface area contributed by atoms with Crippen LogP contribution in [-0.4, -0.2) is 16.5 Å². The number of nitrogens with zero attached hydrogens (tertiary/aromatic N) is 3. The molecule has 2 aromatic carbocycles. The first-order chi connectivity index (χ1) is 13.1. The lowest BCUT2D eigenvalue weighted by atomic mass is 10.1. The predicted molar refractivity (Wildman–Crippen MR) is 103 cm³/mol. The van der Waals surface area contributed by atoms with Crippen LogP contribution in [-0.2, 0) is 11.3 Å². The maximum atomic E-state index is 12.8. The summed E-state index contributed by atoms with van der Waals surface area (Å²) in [6.07, 6.45) is 3.42. The van der Waals surface area contributed by atoms with E-state index in [9.17, 15) is 9.59 Å². The Kier molecular flexibility index (Phi) is 4.15. The Morgan fingerprint density at radius 2 is 1.96 bits per heavy atom. The number of para-hydroxylation sites is 1. The van der Waals surface area contributed by atoms with Gasteiger partial charge in [-0.3, -0.25) is 4.79 Å². The standard InChI is InChI=1S/C20H13ClN4O2/c21-14-4-3-5-15(11-14)25-19(26)17(23-20(25)27)10-13-12-24(9-8-22)18-7-2-1-6-16(13)18/h1-7,10-12H,9H2,(H,23,27)/b17-10+. The van der Waals surface area contributed by atoms with Crippen LogP contribution in [0.5, 0.6) is 0 Å². The third-order valence-electron chi connectivity index (χ3n) is 4.30. The molecule has 7 heteroatoms. The molecule has 0 unspecified atom stereocenters. The van der Waals surface area contributed by atoms with Crippen LogP contribution in [0.3, 0.4) is 0 Å². The number of aromatic nitrogens is 1. The van der Waals surface area contributed by atoms with E-state index in [2.05, 4.69) is 11.4 Å². The van der Waals surface area contributed by atoms with Gasteiger partial charge in [0.1, 0.15) is 12.2 Å². The van der Waals surface area contributed by atoms with Crippen LogP contribution in [0.25, 0.3) is 17.0 Å². The Bertz CT molecular complexity index is 1160. The van der Waals surface area contributed by atoms with Crippen molar-refractivity contribution in [1.82, 2.24) is 9.88 Å². The van der Waals surface area contributed by atoms with Crippen LogP contribution in [0, 0.1) is 11.3 Å². The molecule has 0 radical (unpaired) electrons. The van der Waals surface area contributed by atoms with E-state index in [0.717, 1.165) is 21.4 Å². The van der Waals surface area contributed by atoms with E-state index in [1.54, 1.807) is 41.1 Å². The zero-order valence-corrected chi connectivity index (χ0v) is 14.8. The lowest BCUT2D eigenvalue weighted by Crippen LogP contribution is -2.30. The number of halogens is 1. The number of amides is 3. The van der Waals surface area contributed by atoms with Gasteiger partial charge in [0.25, 0.3) is 5.91 Å².